The van der Waals surface area contributed by atoms with Gasteiger partial charge in [-0.2, -0.15) is 0 Å². The molecule has 1 aromatic carbocycles. The van der Waals surface area contributed by atoms with Crippen LogP contribution < -0.4 is 4.74 Å². The molecule has 0 radical (unpaired) electrons. The van der Waals surface area contributed by atoms with Gasteiger partial charge in [0.25, 0.3) is 0 Å². The minimum absolute atomic E-state index is 0.170. The first-order valence-electron chi connectivity index (χ1n) is 7.15. The number of hydrogen-bond acceptors (Lipinski definition) is 6. The summed E-state index contributed by atoms with van der Waals surface area (Å²) in [5.41, 5.74) is 0.151. The Balaban J connectivity index is 2.41. The predicted octanol–water partition coefficient (Wildman–Crippen LogP) is 1.97. The first-order valence-corrected chi connectivity index (χ1v) is 7.15. The van der Waals surface area contributed by atoms with Crippen molar-refractivity contribution >= 4 is 11.9 Å². The Labute approximate surface area is 135 Å². The van der Waals surface area contributed by atoms with E-state index in [1.807, 2.05) is 0 Å². The molecule has 0 saturated heterocycles. The van der Waals surface area contributed by atoms with E-state index in [4.69, 9.17) is 18.9 Å². The molecule has 1 aliphatic rings. The quantitative estimate of drug-likeness (QED) is 0.469. The largest absolute Gasteiger partial charge is 0.459 e. The van der Waals surface area contributed by atoms with Crippen molar-refractivity contribution in [2.45, 2.75) is 25.6 Å². The van der Waals surface area contributed by atoms with Gasteiger partial charge in [0.1, 0.15) is 12.4 Å². The van der Waals surface area contributed by atoms with E-state index >= 15 is 0 Å². The predicted molar refractivity (Wildman–Crippen MR) is 82.0 cm³/mol. The summed E-state index contributed by atoms with van der Waals surface area (Å²) >= 11 is 0. The lowest BCUT2D eigenvalue weighted by Gasteiger charge is -2.40. The van der Waals surface area contributed by atoms with Gasteiger partial charge in [-0.25, -0.2) is 9.59 Å². The SMILES string of the molecule is COC1C(=O)Oc2ccccc2C1(COC(=O)C=C(C)C)OC. The lowest BCUT2D eigenvalue weighted by atomic mass is 9.85. The Kier molecular flexibility index (Phi) is 5.18. The van der Waals surface area contributed by atoms with Crippen molar-refractivity contribution in [1.29, 1.82) is 0 Å². The van der Waals surface area contributed by atoms with Gasteiger partial charge in [0.05, 0.1) is 0 Å². The number of para-hydroxylation sites is 1. The molecule has 0 fully saturated rings. The molecule has 23 heavy (non-hydrogen) atoms. The molecule has 0 saturated carbocycles. The number of carbonyl (C=O) groups excluding carboxylic acids is 2. The van der Waals surface area contributed by atoms with E-state index in [0.717, 1.165) is 5.57 Å². The van der Waals surface area contributed by atoms with Crippen LogP contribution in [0.1, 0.15) is 19.4 Å². The number of carbonyl (C=O) groups is 2. The lowest BCUT2D eigenvalue weighted by Crippen LogP contribution is -2.55. The van der Waals surface area contributed by atoms with Gasteiger partial charge in [-0.3, -0.25) is 0 Å². The molecule has 1 aliphatic heterocycles. The first kappa shape index (κ1) is 17.2. The van der Waals surface area contributed by atoms with Gasteiger partial charge in [-0.05, 0) is 19.9 Å². The number of methoxy groups -OCH3 is 2. The van der Waals surface area contributed by atoms with Crippen LogP contribution >= 0.6 is 0 Å². The maximum absolute atomic E-state index is 12.2. The lowest BCUT2D eigenvalue weighted by molar-refractivity contribution is -0.194. The maximum Gasteiger partial charge on any atom is 0.344 e. The number of benzene rings is 1. The minimum Gasteiger partial charge on any atom is -0.459 e. The first-order chi connectivity index (χ1) is 10.9. The minimum atomic E-state index is -1.26. The summed E-state index contributed by atoms with van der Waals surface area (Å²) < 4.78 is 21.4. The second-order valence-electron chi connectivity index (χ2n) is 5.46. The summed E-state index contributed by atoms with van der Waals surface area (Å²) in [7, 11) is 2.82. The average Bonchev–Trinajstić information content (AvgIpc) is 2.51. The van der Waals surface area contributed by atoms with Crippen LogP contribution in [-0.4, -0.2) is 38.9 Å². The van der Waals surface area contributed by atoms with Gasteiger partial charge in [0.2, 0.25) is 0 Å². The number of esters is 2. The topological polar surface area (TPSA) is 71.1 Å². The van der Waals surface area contributed by atoms with Crippen molar-refractivity contribution in [3.63, 3.8) is 0 Å². The highest BCUT2D eigenvalue weighted by atomic mass is 16.6. The van der Waals surface area contributed by atoms with Gasteiger partial charge in [0.15, 0.2) is 11.7 Å². The van der Waals surface area contributed by atoms with Gasteiger partial charge in [0, 0.05) is 25.9 Å². The fourth-order valence-electron chi connectivity index (χ4n) is 2.57. The Morgan fingerprint density at radius 3 is 2.61 bits per heavy atom. The van der Waals surface area contributed by atoms with E-state index in [2.05, 4.69) is 0 Å². The fourth-order valence-corrected chi connectivity index (χ4v) is 2.57. The number of allylic oxidation sites excluding steroid dienone is 1. The highest BCUT2D eigenvalue weighted by Crippen LogP contribution is 2.41. The van der Waals surface area contributed by atoms with E-state index in [1.165, 1.54) is 20.3 Å². The molecule has 0 bridgehead atoms. The van der Waals surface area contributed by atoms with E-state index in [0.29, 0.717) is 11.3 Å². The molecule has 2 rings (SSSR count). The molecule has 0 spiro atoms. The standard InChI is InChI=1S/C17H20O6/c1-11(2)9-14(18)22-10-17(21-4)12-7-5-6-8-13(12)23-16(19)15(17)20-3/h5-9,15H,10H2,1-4H3. The zero-order valence-electron chi connectivity index (χ0n) is 13.6. The van der Waals surface area contributed by atoms with Gasteiger partial charge < -0.3 is 18.9 Å². The molecule has 0 aliphatic carbocycles. The molecule has 2 atom stereocenters. The van der Waals surface area contributed by atoms with Crippen LogP contribution in [0.25, 0.3) is 0 Å². The van der Waals surface area contributed by atoms with Crippen LogP contribution in [0.5, 0.6) is 5.75 Å². The van der Waals surface area contributed by atoms with Crippen molar-refractivity contribution in [1.82, 2.24) is 0 Å². The van der Waals surface area contributed by atoms with Crippen LogP contribution in [0.15, 0.2) is 35.9 Å². The molecule has 6 nitrogen and oxygen atoms in total. The Morgan fingerprint density at radius 1 is 1.30 bits per heavy atom. The zero-order chi connectivity index (χ0) is 17.0. The molecule has 1 heterocycles. The maximum atomic E-state index is 12.2. The zero-order valence-corrected chi connectivity index (χ0v) is 13.6. The smallest absolute Gasteiger partial charge is 0.344 e. The highest BCUT2D eigenvalue weighted by Gasteiger charge is 2.52. The fraction of sp³-hybridized carbons (Fsp3) is 0.412. The normalized spacial score (nSPS) is 22.8. The van der Waals surface area contributed by atoms with E-state index in [1.54, 1.807) is 38.1 Å². The number of hydrogen-bond donors (Lipinski definition) is 0. The van der Waals surface area contributed by atoms with Crippen LogP contribution in [0, 0.1) is 0 Å². The molecule has 124 valence electrons. The summed E-state index contributed by atoms with van der Waals surface area (Å²) in [6.07, 6.45) is 0.333. The average molecular weight is 320 g/mol. The monoisotopic (exact) mass is 320 g/mol. The van der Waals surface area contributed by atoms with Crippen molar-refractivity contribution in [2.75, 3.05) is 20.8 Å². The summed E-state index contributed by atoms with van der Waals surface area (Å²) in [5, 5.41) is 0. The number of ether oxygens (including phenoxy) is 4. The Bertz CT molecular complexity index is 632. The number of rotatable bonds is 5. The van der Waals surface area contributed by atoms with E-state index in [9.17, 15) is 9.59 Å². The van der Waals surface area contributed by atoms with Crippen molar-refractivity contribution in [2.24, 2.45) is 0 Å². The van der Waals surface area contributed by atoms with Crippen LogP contribution in [0.3, 0.4) is 0 Å². The molecule has 0 aromatic heterocycles. The van der Waals surface area contributed by atoms with E-state index < -0.39 is 23.6 Å². The summed E-state index contributed by atoms with van der Waals surface area (Å²) in [4.78, 5) is 24.0. The van der Waals surface area contributed by atoms with Gasteiger partial charge in [-0.15, -0.1) is 0 Å². The molecule has 2 unspecified atom stereocenters. The van der Waals surface area contributed by atoms with Crippen molar-refractivity contribution in [3.8, 4) is 5.75 Å². The molecule has 0 N–H and O–H groups in total. The summed E-state index contributed by atoms with van der Waals surface area (Å²) in [6.45, 7) is 3.41. The third-order valence-corrected chi connectivity index (χ3v) is 3.63. The van der Waals surface area contributed by atoms with Gasteiger partial charge in [-0.1, -0.05) is 23.8 Å². The van der Waals surface area contributed by atoms with Crippen LogP contribution in [0.4, 0.5) is 0 Å². The molecule has 6 heteroatoms. The molecule has 0 amide bonds. The van der Waals surface area contributed by atoms with Crippen LogP contribution in [-0.2, 0) is 29.4 Å². The highest BCUT2D eigenvalue weighted by molar-refractivity contribution is 5.84. The summed E-state index contributed by atoms with van der Waals surface area (Å²) in [6, 6.07) is 6.95. The summed E-state index contributed by atoms with van der Waals surface area (Å²) in [5.74, 6) is -0.732. The number of fused-ring (bicyclic) bond motifs is 1. The van der Waals surface area contributed by atoms with Crippen LogP contribution in [0.2, 0.25) is 0 Å². The van der Waals surface area contributed by atoms with Crippen molar-refractivity contribution < 1.29 is 28.5 Å². The Morgan fingerprint density at radius 2 is 2.00 bits per heavy atom. The van der Waals surface area contributed by atoms with Crippen molar-refractivity contribution in [3.05, 3.63) is 41.5 Å². The second kappa shape index (κ2) is 6.93. The molecular formula is C17H20O6. The molecule has 1 aromatic rings. The Hall–Kier alpha value is -2.18. The third kappa shape index (κ3) is 3.28. The third-order valence-electron chi connectivity index (χ3n) is 3.63. The van der Waals surface area contributed by atoms with Gasteiger partial charge >= 0.3 is 11.9 Å². The van der Waals surface area contributed by atoms with E-state index in [-0.39, 0.29) is 6.61 Å². The molecular weight excluding hydrogens is 300 g/mol. The second-order valence-corrected chi connectivity index (χ2v) is 5.46.